The summed E-state index contributed by atoms with van der Waals surface area (Å²) in [6.07, 6.45) is 1.39. The Labute approximate surface area is 107 Å². The second-order valence-electron chi connectivity index (χ2n) is 6.54. The van der Waals surface area contributed by atoms with Crippen LogP contribution in [0.15, 0.2) is 0 Å². The minimum Gasteiger partial charge on any atom is -0.468 e. The third-order valence-electron chi connectivity index (χ3n) is 5.40. The van der Waals surface area contributed by atoms with Gasteiger partial charge in [-0.2, -0.15) is 0 Å². The van der Waals surface area contributed by atoms with E-state index in [1.54, 1.807) is 0 Å². The summed E-state index contributed by atoms with van der Waals surface area (Å²) in [6, 6.07) is 0. The van der Waals surface area contributed by atoms with E-state index in [1.165, 1.54) is 7.11 Å². The van der Waals surface area contributed by atoms with Gasteiger partial charge in [0.2, 0.25) is 0 Å². The molecule has 0 unspecified atom stereocenters. The topological polar surface area (TPSA) is 52.6 Å². The summed E-state index contributed by atoms with van der Waals surface area (Å²) in [5, 5.41) is 0. The van der Waals surface area contributed by atoms with Crippen molar-refractivity contribution < 1.29 is 19.1 Å². The largest absolute Gasteiger partial charge is 0.468 e. The summed E-state index contributed by atoms with van der Waals surface area (Å²) in [5.74, 6) is -0.309. The van der Waals surface area contributed by atoms with Crippen LogP contribution in [0.4, 0.5) is 0 Å². The SMILES string of the molecule is CCO[C@]12CC(C)(C)[C@@H]3C[C@@]1(C(=O)OC)[C@H]2C3=O. The molecule has 4 atom stereocenters. The zero-order valence-electron chi connectivity index (χ0n) is 11.4. The molecule has 0 aliphatic heterocycles. The first-order valence-corrected chi connectivity index (χ1v) is 6.63. The van der Waals surface area contributed by atoms with Gasteiger partial charge in [-0.3, -0.25) is 9.59 Å². The standard InChI is InChI=1S/C14H20O4/c1-5-18-14-7-12(2,3)8-6-13(14,11(16)17-4)10(14)9(8)15/h8,10H,5-7H2,1-4H3/t8-,10-,13+,14+/m1/s1. The van der Waals surface area contributed by atoms with Gasteiger partial charge in [0.1, 0.15) is 11.2 Å². The number of ether oxygens (including phenoxy) is 2. The van der Waals surface area contributed by atoms with Gasteiger partial charge >= 0.3 is 5.97 Å². The van der Waals surface area contributed by atoms with Crippen LogP contribution < -0.4 is 0 Å². The molecule has 0 aromatic heterocycles. The normalized spacial score (nSPS) is 47.0. The molecule has 18 heavy (non-hydrogen) atoms. The highest BCUT2D eigenvalue weighted by Crippen LogP contribution is 2.81. The number of rotatable bonds is 3. The first-order valence-electron chi connectivity index (χ1n) is 6.63. The third-order valence-corrected chi connectivity index (χ3v) is 5.40. The Morgan fingerprint density at radius 3 is 2.67 bits per heavy atom. The molecular formula is C14H20O4. The molecule has 4 nitrogen and oxygen atoms in total. The molecular weight excluding hydrogens is 232 g/mol. The average Bonchev–Trinajstić information content (AvgIpc) is 2.70. The molecule has 0 heterocycles. The van der Waals surface area contributed by atoms with Crippen LogP contribution in [0.1, 0.15) is 33.6 Å². The van der Waals surface area contributed by atoms with Crippen molar-refractivity contribution in [1.29, 1.82) is 0 Å². The Morgan fingerprint density at radius 2 is 2.11 bits per heavy atom. The van der Waals surface area contributed by atoms with Crippen molar-refractivity contribution in [3.8, 4) is 0 Å². The number of methoxy groups -OCH3 is 1. The monoisotopic (exact) mass is 252 g/mol. The van der Waals surface area contributed by atoms with Gasteiger partial charge in [0, 0.05) is 12.5 Å². The van der Waals surface area contributed by atoms with E-state index in [-0.39, 0.29) is 29.0 Å². The average molecular weight is 252 g/mol. The van der Waals surface area contributed by atoms with E-state index in [0.717, 1.165) is 6.42 Å². The van der Waals surface area contributed by atoms with Crippen molar-refractivity contribution in [1.82, 2.24) is 0 Å². The Bertz CT molecular complexity index is 441. The highest BCUT2D eigenvalue weighted by Gasteiger charge is 2.92. The van der Waals surface area contributed by atoms with Gasteiger partial charge in [-0.15, -0.1) is 0 Å². The molecule has 4 aliphatic rings. The van der Waals surface area contributed by atoms with Gasteiger partial charge in [0.15, 0.2) is 0 Å². The fourth-order valence-corrected chi connectivity index (χ4v) is 4.76. The predicted molar refractivity (Wildman–Crippen MR) is 63.8 cm³/mol. The molecule has 4 rings (SSSR count). The third kappa shape index (κ3) is 0.989. The summed E-state index contributed by atoms with van der Waals surface area (Å²) < 4.78 is 10.9. The summed E-state index contributed by atoms with van der Waals surface area (Å²) in [5.41, 5.74) is -1.32. The van der Waals surface area contributed by atoms with E-state index < -0.39 is 11.0 Å². The molecule has 4 saturated carbocycles. The van der Waals surface area contributed by atoms with Gasteiger partial charge in [0.05, 0.1) is 18.6 Å². The summed E-state index contributed by atoms with van der Waals surface area (Å²) in [7, 11) is 1.40. The number of Topliss-reactive ketones (excluding diaryl/α,β-unsaturated/α-hetero) is 1. The van der Waals surface area contributed by atoms with Crippen LogP contribution >= 0.6 is 0 Å². The summed E-state index contributed by atoms with van der Waals surface area (Å²) in [6.45, 7) is 6.65. The summed E-state index contributed by atoms with van der Waals surface area (Å²) in [4.78, 5) is 24.6. The van der Waals surface area contributed by atoms with Crippen LogP contribution in [0, 0.1) is 22.7 Å². The zero-order chi connectivity index (χ0) is 13.3. The number of hydrogen-bond donors (Lipinski definition) is 0. The van der Waals surface area contributed by atoms with E-state index in [2.05, 4.69) is 13.8 Å². The molecule has 4 bridgehead atoms. The van der Waals surface area contributed by atoms with Crippen molar-refractivity contribution in [3.05, 3.63) is 0 Å². The van der Waals surface area contributed by atoms with Crippen LogP contribution in [0.5, 0.6) is 0 Å². The van der Waals surface area contributed by atoms with Crippen LogP contribution in [0.3, 0.4) is 0 Å². The molecule has 0 spiro atoms. The van der Waals surface area contributed by atoms with Crippen molar-refractivity contribution >= 4 is 11.8 Å². The molecule has 0 saturated heterocycles. The minimum atomic E-state index is -0.672. The second kappa shape index (κ2) is 3.16. The maximum absolute atomic E-state index is 12.4. The van der Waals surface area contributed by atoms with Gasteiger partial charge < -0.3 is 9.47 Å². The van der Waals surface area contributed by atoms with Crippen molar-refractivity contribution in [3.63, 3.8) is 0 Å². The quantitative estimate of drug-likeness (QED) is 0.715. The maximum Gasteiger partial charge on any atom is 0.315 e. The first kappa shape index (κ1) is 12.2. The van der Waals surface area contributed by atoms with Gasteiger partial charge in [-0.05, 0) is 25.2 Å². The molecule has 0 aromatic rings. The van der Waals surface area contributed by atoms with Crippen LogP contribution in [-0.4, -0.2) is 31.1 Å². The Balaban J connectivity index is 2.06. The number of esters is 1. The summed E-state index contributed by atoms with van der Waals surface area (Å²) >= 11 is 0. The molecule has 0 aromatic carbocycles. The number of fused-ring (bicyclic) bond motifs is 1. The lowest BCUT2D eigenvalue weighted by Crippen LogP contribution is -2.49. The van der Waals surface area contributed by atoms with Crippen molar-refractivity contribution in [2.24, 2.45) is 22.7 Å². The van der Waals surface area contributed by atoms with E-state index >= 15 is 0 Å². The number of carbonyl (C=O) groups is 2. The van der Waals surface area contributed by atoms with E-state index in [4.69, 9.17) is 9.47 Å². The van der Waals surface area contributed by atoms with Crippen LogP contribution in [0.2, 0.25) is 0 Å². The lowest BCUT2D eigenvalue weighted by atomic mass is 9.62. The van der Waals surface area contributed by atoms with Crippen molar-refractivity contribution in [2.75, 3.05) is 13.7 Å². The Morgan fingerprint density at radius 1 is 1.44 bits per heavy atom. The molecule has 100 valence electrons. The molecule has 0 amide bonds. The highest BCUT2D eigenvalue weighted by atomic mass is 16.5. The molecule has 4 fully saturated rings. The molecule has 4 heteroatoms. The van der Waals surface area contributed by atoms with Crippen molar-refractivity contribution in [2.45, 2.75) is 39.2 Å². The molecule has 0 N–H and O–H groups in total. The van der Waals surface area contributed by atoms with E-state index in [1.807, 2.05) is 6.92 Å². The molecule has 0 radical (unpaired) electrons. The van der Waals surface area contributed by atoms with Crippen LogP contribution in [0.25, 0.3) is 0 Å². The van der Waals surface area contributed by atoms with E-state index in [0.29, 0.717) is 13.0 Å². The minimum absolute atomic E-state index is 0.0102. The second-order valence-corrected chi connectivity index (χ2v) is 6.54. The number of hydrogen-bond acceptors (Lipinski definition) is 4. The number of carbonyl (C=O) groups excluding carboxylic acids is 2. The Hall–Kier alpha value is -0.900. The first-order chi connectivity index (χ1) is 8.37. The fraction of sp³-hybridized carbons (Fsp3) is 0.857. The lowest BCUT2D eigenvalue weighted by molar-refractivity contribution is -0.160. The van der Waals surface area contributed by atoms with Gasteiger partial charge in [-0.25, -0.2) is 0 Å². The maximum atomic E-state index is 12.4. The smallest absolute Gasteiger partial charge is 0.315 e. The zero-order valence-corrected chi connectivity index (χ0v) is 11.4. The predicted octanol–water partition coefficient (Wildman–Crippen LogP) is 1.57. The number of ketones is 1. The Kier molecular flexibility index (Phi) is 2.13. The highest BCUT2D eigenvalue weighted by molar-refractivity contribution is 6.04. The van der Waals surface area contributed by atoms with Crippen LogP contribution in [-0.2, 0) is 19.1 Å². The van der Waals surface area contributed by atoms with Gasteiger partial charge in [-0.1, -0.05) is 13.8 Å². The molecule has 4 aliphatic carbocycles. The fourth-order valence-electron chi connectivity index (χ4n) is 4.76. The van der Waals surface area contributed by atoms with E-state index in [9.17, 15) is 9.59 Å². The van der Waals surface area contributed by atoms with Gasteiger partial charge in [0.25, 0.3) is 0 Å². The lowest BCUT2D eigenvalue weighted by Gasteiger charge is -2.44.